The molecule has 1 heterocycles. The fraction of sp³-hybridized carbons (Fsp3) is 0.467. The molecular formula is C15H20N2O3. The van der Waals surface area contributed by atoms with Crippen LogP contribution in [0.5, 0.6) is 0 Å². The summed E-state index contributed by atoms with van der Waals surface area (Å²) in [5, 5.41) is 12.0. The summed E-state index contributed by atoms with van der Waals surface area (Å²) >= 11 is 0. The molecule has 1 aromatic rings. The van der Waals surface area contributed by atoms with Crippen LogP contribution in [0.2, 0.25) is 0 Å². The summed E-state index contributed by atoms with van der Waals surface area (Å²) in [6, 6.07) is 5.60. The minimum atomic E-state index is -0.848. The van der Waals surface area contributed by atoms with E-state index in [1.807, 2.05) is 32.0 Å². The van der Waals surface area contributed by atoms with Crippen LogP contribution >= 0.6 is 0 Å². The van der Waals surface area contributed by atoms with Crippen molar-refractivity contribution in [2.75, 3.05) is 18.4 Å². The maximum atomic E-state index is 12.2. The van der Waals surface area contributed by atoms with Crippen molar-refractivity contribution >= 4 is 17.7 Å². The van der Waals surface area contributed by atoms with E-state index in [4.69, 9.17) is 0 Å². The quantitative estimate of drug-likeness (QED) is 0.872. The number of anilines is 1. The zero-order chi connectivity index (χ0) is 14.9. The van der Waals surface area contributed by atoms with Crippen LogP contribution in [0, 0.1) is 19.3 Å². The number of aliphatic carboxylic acids is 1. The molecule has 1 aliphatic rings. The van der Waals surface area contributed by atoms with Crippen LogP contribution in [0.3, 0.4) is 0 Å². The van der Waals surface area contributed by atoms with Crippen LogP contribution in [0.4, 0.5) is 10.5 Å². The number of nitrogens with zero attached hydrogens (tertiary/aromatic N) is 1. The van der Waals surface area contributed by atoms with E-state index in [-0.39, 0.29) is 12.6 Å². The standard InChI is InChI=1S/C15H20N2O3/c1-10-6-11(2)8-12(7-10)16-14(20)17-5-4-15(3,9-17)13(18)19/h6-8H,4-5,9H2,1-3H3,(H,16,20)(H,18,19). The molecule has 2 N–H and O–H groups in total. The van der Waals surface area contributed by atoms with Crippen LogP contribution in [0.15, 0.2) is 18.2 Å². The molecule has 1 unspecified atom stereocenters. The number of hydrogen-bond donors (Lipinski definition) is 2. The number of benzene rings is 1. The summed E-state index contributed by atoms with van der Waals surface area (Å²) < 4.78 is 0. The van der Waals surface area contributed by atoms with Gasteiger partial charge in [0.2, 0.25) is 0 Å². The zero-order valence-corrected chi connectivity index (χ0v) is 12.1. The molecule has 5 nitrogen and oxygen atoms in total. The Kier molecular flexibility index (Phi) is 3.70. The zero-order valence-electron chi connectivity index (χ0n) is 12.1. The fourth-order valence-corrected chi connectivity index (χ4v) is 2.56. The third-order valence-electron chi connectivity index (χ3n) is 3.75. The number of urea groups is 1. The van der Waals surface area contributed by atoms with Crippen molar-refractivity contribution in [2.45, 2.75) is 27.2 Å². The van der Waals surface area contributed by atoms with E-state index < -0.39 is 11.4 Å². The molecule has 0 saturated carbocycles. The number of carboxylic acid groups (broad SMARTS) is 1. The van der Waals surface area contributed by atoms with Gasteiger partial charge < -0.3 is 15.3 Å². The first-order valence-corrected chi connectivity index (χ1v) is 6.68. The number of rotatable bonds is 2. The Labute approximate surface area is 118 Å². The van der Waals surface area contributed by atoms with Gasteiger partial charge >= 0.3 is 12.0 Å². The smallest absolute Gasteiger partial charge is 0.321 e. The largest absolute Gasteiger partial charge is 0.481 e. The number of likely N-dealkylation sites (tertiary alicyclic amines) is 1. The fourth-order valence-electron chi connectivity index (χ4n) is 2.56. The molecule has 1 aliphatic heterocycles. The first-order chi connectivity index (χ1) is 9.30. The first-order valence-electron chi connectivity index (χ1n) is 6.68. The number of amides is 2. The molecular weight excluding hydrogens is 256 g/mol. The van der Waals surface area contributed by atoms with Crippen LogP contribution < -0.4 is 5.32 Å². The SMILES string of the molecule is Cc1cc(C)cc(NC(=O)N2CCC(C)(C(=O)O)C2)c1. The molecule has 2 rings (SSSR count). The van der Waals surface area contributed by atoms with Crippen molar-refractivity contribution < 1.29 is 14.7 Å². The number of nitrogens with one attached hydrogen (secondary N) is 1. The van der Waals surface area contributed by atoms with E-state index in [1.54, 1.807) is 11.8 Å². The molecule has 0 radical (unpaired) electrons. The third-order valence-corrected chi connectivity index (χ3v) is 3.75. The van der Waals surface area contributed by atoms with Crippen LogP contribution in [-0.4, -0.2) is 35.1 Å². The van der Waals surface area contributed by atoms with E-state index >= 15 is 0 Å². The molecule has 20 heavy (non-hydrogen) atoms. The average molecular weight is 276 g/mol. The minimum absolute atomic E-state index is 0.236. The summed E-state index contributed by atoms with van der Waals surface area (Å²) in [5.74, 6) is -0.848. The summed E-state index contributed by atoms with van der Waals surface area (Å²) in [6.45, 7) is 6.35. The molecule has 0 aromatic heterocycles. The summed E-state index contributed by atoms with van der Waals surface area (Å²) in [5.41, 5.74) is 2.07. The van der Waals surface area contributed by atoms with Crippen molar-refractivity contribution in [1.82, 2.24) is 4.90 Å². The maximum absolute atomic E-state index is 12.2. The highest BCUT2D eigenvalue weighted by Crippen LogP contribution is 2.30. The Balaban J connectivity index is 2.05. The minimum Gasteiger partial charge on any atom is -0.481 e. The van der Waals surface area contributed by atoms with E-state index in [1.165, 1.54) is 0 Å². The van der Waals surface area contributed by atoms with Gasteiger partial charge in [0, 0.05) is 18.8 Å². The summed E-state index contributed by atoms with van der Waals surface area (Å²) in [4.78, 5) is 24.9. The molecule has 0 aliphatic carbocycles. The molecule has 1 aromatic carbocycles. The lowest BCUT2D eigenvalue weighted by Crippen LogP contribution is -2.37. The third kappa shape index (κ3) is 2.92. The van der Waals surface area contributed by atoms with Crippen molar-refractivity contribution in [3.05, 3.63) is 29.3 Å². The molecule has 2 amide bonds. The molecule has 1 saturated heterocycles. The van der Waals surface area contributed by atoms with Gasteiger partial charge in [-0.15, -0.1) is 0 Å². The molecule has 0 spiro atoms. The van der Waals surface area contributed by atoms with Gasteiger partial charge in [0.1, 0.15) is 0 Å². The van der Waals surface area contributed by atoms with Crippen molar-refractivity contribution in [3.8, 4) is 0 Å². The molecule has 1 fully saturated rings. The van der Waals surface area contributed by atoms with Gasteiger partial charge in [0.15, 0.2) is 0 Å². The number of carboxylic acids is 1. The van der Waals surface area contributed by atoms with Gasteiger partial charge in [-0.05, 0) is 50.5 Å². The number of hydrogen-bond acceptors (Lipinski definition) is 2. The number of carbonyl (C=O) groups is 2. The molecule has 0 bridgehead atoms. The molecule has 5 heteroatoms. The van der Waals surface area contributed by atoms with Gasteiger partial charge in [-0.1, -0.05) is 6.07 Å². The number of carbonyl (C=O) groups excluding carboxylic acids is 1. The van der Waals surface area contributed by atoms with Crippen LogP contribution in [0.25, 0.3) is 0 Å². The van der Waals surface area contributed by atoms with Crippen LogP contribution in [0.1, 0.15) is 24.5 Å². The second-order valence-electron chi connectivity index (χ2n) is 5.84. The van der Waals surface area contributed by atoms with Crippen molar-refractivity contribution in [1.29, 1.82) is 0 Å². The second kappa shape index (κ2) is 5.15. The Morgan fingerprint density at radius 2 is 1.85 bits per heavy atom. The van der Waals surface area contributed by atoms with Gasteiger partial charge in [-0.3, -0.25) is 4.79 Å². The molecule has 108 valence electrons. The number of aryl methyl sites for hydroxylation is 2. The van der Waals surface area contributed by atoms with Gasteiger partial charge in [0.05, 0.1) is 5.41 Å². The van der Waals surface area contributed by atoms with Crippen LogP contribution in [-0.2, 0) is 4.79 Å². The van der Waals surface area contributed by atoms with E-state index in [9.17, 15) is 14.7 Å². The van der Waals surface area contributed by atoms with E-state index in [0.29, 0.717) is 13.0 Å². The lowest BCUT2D eigenvalue weighted by atomic mass is 9.90. The van der Waals surface area contributed by atoms with Gasteiger partial charge in [0.25, 0.3) is 0 Å². The highest BCUT2D eigenvalue weighted by atomic mass is 16.4. The Bertz CT molecular complexity index is 536. The molecule has 1 atom stereocenters. The summed E-state index contributed by atoms with van der Waals surface area (Å²) in [6.07, 6.45) is 0.489. The summed E-state index contributed by atoms with van der Waals surface area (Å²) in [7, 11) is 0. The monoisotopic (exact) mass is 276 g/mol. The van der Waals surface area contributed by atoms with E-state index in [2.05, 4.69) is 5.32 Å². The second-order valence-corrected chi connectivity index (χ2v) is 5.84. The average Bonchev–Trinajstić information content (AvgIpc) is 2.72. The lowest BCUT2D eigenvalue weighted by molar-refractivity contribution is -0.146. The Morgan fingerprint density at radius 3 is 2.35 bits per heavy atom. The van der Waals surface area contributed by atoms with Crippen molar-refractivity contribution in [2.24, 2.45) is 5.41 Å². The first kappa shape index (κ1) is 14.4. The van der Waals surface area contributed by atoms with Gasteiger partial charge in [-0.25, -0.2) is 4.79 Å². The normalized spacial score (nSPS) is 21.9. The Hall–Kier alpha value is -2.04. The Morgan fingerprint density at radius 1 is 1.25 bits per heavy atom. The predicted molar refractivity (Wildman–Crippen MR) is 76.9 cm³/mol. The highest BCUT2D eigenvalue weighted by Gasteiger charge is 2.42. The predicted octanol–water partition coefficient (Wildman–Crippen LogP) is 2.63. The highest BCUT2D eigenvalue weighted by molar-refractivity contribution is 5.90. The van der Waals surface area contributed by atoms with E-state index in [0.717, 1.165) is 16.8 Å². The lowest BCUT2D eigenvalue weighted by Gasteiger charge is -2.20. The van der Waals surface area contributed by atoms with Gasteiger partial charge in [-0.2, -0.15) is 0 Å². The topological polar surface area (TPSA) is 69.6 Å². The van der Waals surface area contributed by atoms with Crippen molar-refractivity contribution in [3.63, 3.8) is 0 Å². The maximum Gasteiger partial charge on any atom is 0.321 e.